The lowest BCUT2D eigenvalue weighted by Gasteiger charge is -2.09. The number of rotatable bonds is 5. The van der Waals surface area contributed by atoms with E-state index in [-0.39, 0.29) is 18.9 Å². The summed E-state index contributed by atoms with van der Waals surface area (Å²) in [5.41, 5.74) is 0. The minimum Gasteiger partial charge on any atom is -0.396 e. The molecule has 2 N–H and O–H groups in total. The van der Waals surface area contributed by atoms with E-state index in [2.05, 4.69) is 0 Å². The molecule has 2 unspecified atom stereocenters. The Morgan fingerprint density at radius 1 is 1.64 bits per heavy atom. The summed E-state index contributed by atoms with van der Waals surface area (Å²) in [5, 5.41) is 8.55. The zero-order valence-corrected chi connectivity index (χ0v) is 7.75. The van der Waals surface area contributed by atoms with Gasteiger partial charge in [-0.25, -0.2) is 0 Å². The maximum atomic E-state index is 10.7. The third-order valence-electron chi connectivity index (χ3n) is 1.04. The summed E-state index contributed by atoms with van der Waals surface area (Å²) < 4.78 is 15.5. The second-order valence-corrected chi connectivity index (χ2v) is 5.20. The Hall–Kier alpha value is 0.110. The minimum absolute atomic E-state index is 0.0292. The molecule has 0 fully saturated rings. The summed E-state index contributed by atoms with van der Waals surface area (Å²) in [6.45, 7) is 3.42. The summed E-state index contributed by atoms with van der Waals surface area (Å²) in [4.78, 5) is 8.77. The molecule has 0 amide bonds. The fourth-order valence-corrected chi connectivity index (χ4v) is 0.920. The highest BCUT2D eigenvalue weighted by Gasteiger charge is 2.10. The van der Waals surface area contributed by atoms with E-state index in [1.807, 2.05) is 0 Å². The topological polar surface area (TPSA) is 66.8 Å². The van der Waals surface area contributed by atoms with Gasteiger partial charge in [0.05, 0.1) is 6.61 Å². The summed E-state index contributed by atoms with van der Waals surface area (Å²) in [5.74, 6) is 0.0292. The molecule has 2 atom stereocenters. The molecule has 0 rings (SSSR count). The van der Waals surface area contributed by atoms with Gasteiger partial charge in [-0.15, -0.1) is 0 Å². The van der Waals surface area contributed by atoms with Gasteiger partial charge < -0.3 is 14.7 Å². The van der Waals surface area contributed by atoms with Crippen LogP contribution in [-0.4, -0.2) is 36.2 Å². The molecule has 0 aromatic heterocycles. The average molecular weight is 182 g/mol. The molecule has 0 saturated carbocycles. The van der Waals surface area contributed by atoms with Crippen LogP contribution in [0.2, 0.25) is 0 Å². The highest BCUT2D eigenvalue weighted by molar-refractivity contribution is 7.56. The standard InChI is InChI=1S/C6H15O4P/c1-6(3-7)4-10-5-11(2,8)9/h6-7H,3-5H2,1-2H3,(H,8,9). The zero-order chi connectivity index (χ0) is 8.91. The fraction of sp³-hybridized carbons (Fsp3) is 1.00. The molecule has 11 heavy (non-hydrogen) atoms. The van der Waals surface area contributed by atoms with Crippen LogP contribution in [0.25, 0.3) is 0 Å². The number of hydrogen-bond donors (Lipinski definition) is 2. The monoisotopic (exact) mass is 182 g/mol. The van der Waals surface area contributed by atoms with E-state index in [9.17, 15) is 4.57 Å². The van der Waals surface area contributed by atoms with Gasteiger partial charge in [-0.05, 0) is 0 Å². The zero-order valence-electron chi connectivity index (χ0n) is 6.86. The SMILES string of the molecule is CC(CO)COCP(C)(=O)O. The number of hydrogen-bond acceptors (Lipinski definition) is 3. The van der Waals surface area contributed by atoms with Gasteiger partial charge in [0.15, 0.2) is 0 Å². The van der Waals surface area contributed by atoms with Gasteiger partial charge >= 0.3 is 0 Å². The molecular weight excluding hydrogens is 167 g/mol. The van der Waals surface area contributed by atoms with Gasteiger partial charge in [-0.2, -0.15) is 0 Å². The van der Waals surface area contributed by atoms with Gasteiger partial charge in [-0.3, -0.25) is 4.57 Å². The molecule has 0 saturated heterocycles. The predicted molar refractivity (Wildman–Crippen MR) is 42.8 cm³/mol. The lowest BCUT2D eigenvalue weighted by molar-refractivity contribution is 0.103. The number of aliphatic hydroxyl groups excluding tert-OH is 1. The van der Waals surface area contributed by atoms with Crippen molar-refractivity contribution in [3.05, 3.63) is 0 Å². The highest BCUT2D eigenvalue weighted by atomic mass is 31.2. The first-order chi connectivity index (χ1) is 4.95. The molecular formula is C6H15O4P. The van der Waals surface area contributed by atoms with Crippen molar-refractivity contribution in [2.75, 3.05) is 26.2 Å². The van der Waals surface area contributed by atoms with Crippen molar-refractivity contribution >= 4 is 7.37 Å². The van der Waals surface area contributed by atoms with Crippen LogP contribution in [0.15, 0.2) is 0 Å². The summed E-state index contributed by atoms with van der Waals surface area (Å²) in [7, 11) is -3.04. The van der Waals surface area contributed by atoms with E-state index in [4.69, 9.17) is 14.7 Å². The van der Waals surface area contributed by atoms with Crippen molar-refractivity contribution in [1.82, 2.24) is 0 Å². The van der Waals surface area contributed by atoms with Crippen LogP contribution < -0.4 is 0 Å². The quantitative estimate of drug-likeness (QED) is 0.607. The summed E-state index contributed by atoms with van der Waals surface area (Å²) in [6, 6.07) is 0. The van der Waals surface area contributed by atoms with Gasteiger partial charge in [-0.1, -0.05) is 6.92 Å². The first kappa shape index (κ1) is 11.1. The van der Waals surface area contributed by atoms with Crippen LogP contribution in [0.5, 0.6) is 0 Å². The van der Waals surface area contributed by atoms with E-state index in [1.54, 1.807) is 6.92 Å². The Balaban J connectivity index is 3.35. The Morgan fingerprint density at radius 2 is 2.18 bits per heavy atom. The third-order valence-corrected chi connectivity index (χ3v) is 1.71. The van der Waals surface area contributed by atoms with E-state index in [1.165, 1.54) is 6.66 Å². The van der Waals surface area contributed by atoms with Crippen molar-refractivity contribution in [2.24, 2.45) is 5.92 Å². The summed E-state index contributed by atoms with van der Waals surface area (Å²) in [6.07, 6.45) is -0.128. The Kier molecular flexibility index (Phi) is 4.93. The van der Waals surface area contributed by atoms with E-state index < -0.39 is 7.37 Å². The average Bonchev–Trinajstić information content (AvgIpc) is 1.85. The van der Waals surface area contributed by atoms with Crippen LogP contribution in [0, 0.1) is 5.92 Å². The molecule has 0 aliphatic rings. The van der Waals surface area contributed by atoms with E-state index in [0.29, 0.717) is 6.61 Å². The van der Waals surface area contributed by atoms with E-state index in [0.717, 1.165) is 0 Å². The molecule has 0 aliphatic heterocycles. The Bertz CT molecular complexity index is 142. The molecule has 0 aromatic rings. The predicted octanol–water partition coefficient (Wildman–Crippen LogP) is 0.489. The summed E-state index contributed by atoms with van der Waals surface area (Å²) >= 11 is 0. The van der Waals surface area contributed by atoms with Crippen molar-refractivity contribution in [3.8, 4) is 0 Å². The maximum Gasteiger partial charge on any atom is 0.222 e. The number of ether oxygens (including phenoxy) is 1. The van der Waals surface area contributed by atoms with Crippen LogP contribution >= 0.6 is 7.37 Å². The Morgan fingerprint density at radius 3 is 2.55 bits per heavy atom. The van der Waals surface area contributed by atoms with Crippen molar-refractivity contribution < 1.29 is 19.3 Å². The van der Waals surface area contributed by atoms with E-state index >= 15 is 0 Å². The van der Waals surface area contributed by atoms with Gasteiger partial charge in [0, 0.05) is 19.2 Å². The van der Waals surface area contributed by atoms with Crippen LogP contribution in [0.1, 0.15) is 6.92 Å². The van der Waals surface area contributed by atoms with Crippen molar-refractivity contribution in [1.29, 1.82) is 0 Å². The Labute approximate surface area is 66.6 Å². The highest BCUT2D eigenvalue weighted by Crippen LogP contribution is 2.34. The minimum atomic E-state index is -3.04. The molecule has 68 valence electrons. The van der Waals surface area contributed by atoms with Gasteiger partial charge in [0.2, 0.25) is 7.37 Å². The normalized spacial score (nSPS) is 19.3. The molecule has 4 nitrogen and oxygen atoms in total. The van der Waals surface area contributed by atoms with Gasteiger partial charge in [0.25, 0.3) is 0 Å². The number of aliphatic hydroxyl groups is 1. The smallest absolute Gasteiger partial charge is 0.222 e. The van der Waals surface area contributed by atoms with Crippen LogP contribution in [-0.2, 0) is 9.30 Å². The van der Waals surface area contributed by atoms with Gasteiger partial charge in [0.1, 0.15) is 6.35 Å². The first-order valence-corrected chi connectivity index (χ1v) is 5.73. The third kappa shape index (κ3) is 8.01. The lowest BCUT2D eigenvalue weighted by Crippen LogP contribution is -2.10. The maximum absolute atomic E-state index is 10.7. The molecule has 0 radical (unpaired) electrons. The fourth-order valence-electron chi connectivity index (χ4n) is 0.476. The second kappa shape index (κ2) is 4.88. The van der Waals surface area contributed by atoms with Crippen molar-refractivity contribution in [3.63, 3.8) is 0 Å². The lowest BCUT2D eigenvalue weighted by atomic mass is 10.2. The molecule has 0 aliphatic carbocycles. The molecule has 5 heteroatoms. The second-order valence-electron chi connectivity index (χ2n) is 2.84. The van der Waals surface area contributed by atoms with Crippen LogP contribution in [0.3, 0.4) is 0 Å². The molecule has 0 bridgehead atoms. The first-order valence-electron chi connectivity index (χ1n) is 3.43. The molecule has 0 spiro atoms. The van der Waals surface area contributed by atoms with Crippen LogP contribution in [0.4, 0.5) is 0 Å². The molecule has 0 heterocycles. The largest absolute Gasteiger partial charge is 0.396 e. The molecule has 0 aromatic carbocycles. The van der Waals surface area contributed by atoms with Crippen molar-refractivity contribution in [2.45, 2.75) is 6.92 Å².